The van der Waals surface area contributed by atoms with E-state index < -0.39 is 49.5 Å². The second kappa shape index (κ2) is 57.1. The first-order valence-corrected chi connectivity index (χ1v) is 32.1. The molecule has 1 heterocycles. The Labute approximate surface area is 478 Å². The number of allylic oxidation sites excluding steroid dienone is 18. The van der Waals surface area contributed by atoms with Gasteiger partial charge in [0.25, 0.3) is 0 Å². The van der Waals surface area contributed by atoms with Gasteiger partial charge in [-0.2, -0.15) is 0 Å². The number of nitrogens with one attached hydrogen (secondary N) is 1. The first-order chi connectivity index (χ1) is 38.3. The molecule has 0 bridgehead atoms. The van der Waals surface area contributed by atoms with Crippen LogP contribution in [0.2, 0.25) is 0 Å². The van der Waals surface area contributed by atoms with Crippen molar-refractivity contribution >= 4 is 5.91 Å². The highest BCUT2D eigenvalue weighted by Gasteiger charge is 2.44. The summed E-state index contributed by atoms with van der Waals surface area (Å²) in [6.07, 6.45) is 77.0. The predicted octanol–water partition coefficient (Wildman–Crippen LogP) is 16.9. The molecule has 7 atom stereocenters. The minimum absolute atomic E-state index is 0.143. The average molecular weight is 1090 g/mol. The lowest BCUT2D eigenvalue weighted by Crippen LogP contribution is -2.60. The second-order valence-electron chi connectivity index (χ2n) is 21.8. The smallest absolute Gasteiger partial charge is 0.220 e. The van der Waals surface area contributed by atoms with Gasteiger partial charge in [-0.25, -0.2) is 0 Å². The van der Waals surface area contributed by atoms with Crippen LogP contribution < -0.4 is 5.32 Å². The standard InChI is InChI=1S/C69H119NO8/c1-3-5-7-9-11-13-15-17-19-21-22-23-24-25-26-27-28-29-30-31-32-33-34-35-36-37-38-39-40-41-42-43-45-47-49-51-53-55-57-59-65(73)70-62(61-77-69-68(76)67(75)66(74)64(60-71)78-69)63(72)58-56-54-52-50-48-46-44-20-18-16-14-12-10-8-6-4-2/h5,7,11,13,17,19,22-23,25-26,28-29,31-32,34-35,37-38,62-64,66-69,71-72,74-76H,3-4,6,8-10,12,14-16,18,20-21,24,27,30,33,36,39-61H2,1-2H3,(H,70,73)/b7-5-,13-11-,19-17-,23-22-,26-25-,29-28-,32-31-,35-34-,38-37-. The fourth-order valence-electron chi connectivity index (χ4n) is 9.63. The number of aliphatic hydroxyl groups excluding tert-OH is 5. The Kier molecular flexibility index (Phi) is 53.3. The number of unbranched alkanes of at least 4 members (excludes halogenated alkanes) is 26. The Bertz CT molecular complexity index is 1590. The molecule has 448 valence electrons. The van der Waals surface area contributed by atoms with Crippen LogP contribution in [0, 0.1) is 0 Å². The summed E-state index contributed by atoms with van der Waals surface area (Å²) in [5.41, 5.74) is 0. The van der Waals surface area contributed by atoms with E-state index in [-0.39, 0.29) is 12.5 Å². The lowest BCUT2D eigenvalue weighted by atomic mass is 9.99. The molecule has 0 aromatic heterocycles. The van der Waals surface area contributed by atoms with Crippen LogP contribution in [0.5, 0.6) is 0 Å². The molecular formula is C69H119NO8. The van der Waals surface area contributed by atoms with Crippen molar-refractivity contribution in [3.8, 4) is 0 Å². The van der Waals surface area contributed by atoms with Crippen LogP contribution in [0.4, 0.5) is 0 Å². The Hall–Kier alpha value is -3.15. The van der Waals surface area contributed by atoms with Gasteiger partial charge in [-0.1, -0.05) is 284 Å². The van der Waals surface area contributed by atoms with Crippen LogP contribution in [-0.2, 0) is 14.3 Å². The minimum atomic E-state index is -1.56. The summed E-state index contributed by atoms with van der Waals surface area (Å²) >= 11 is 0. The maximum atomic E-state index is 13.1. The maximum absolute atomic E-state index is 13.1. The van der Waals surface area contributed by atoms with Gasteiger partial charge in [0.05, 0.1) is 25.4 Å². The zero-order valence-electron chi connectivity index (χ0n) is 49.9. The molecule has 9 nitrogen and oxygen atoms in total. The van der Waals surface area contributed by atoms with E-state index in [0.717, 1.165) is 103 Å². The van der Waals surface area contributed by atoms with Gasteiger partial charge in [-0.3, -0.25) is 4.79 Å². The van der Waals surface area contributed by atoms with Crippen LogP contribution in [-0.4, -0.2) is 87.5 Å². The molecule has 1 amide bonds. The highest BCUT2D eigenvalue weighted by molar-refractivity contribution is 5.76. The average Bonchev–Trinajstić information content (AvgIpc) is 3.45. The SMILES string of the molecule is CC/C=C\C/C=C\C/C=C\C/C=C\C/C=C\C/C=C\C/C=C\C/C=C\C/C=C\CCCCCCCCCCCCCC(=O)NC(COC1OC(CO)C(O)C(O)C1O)C(O)CCCCCCCCCCCCCCCCCC. The van der Waals surface area contributed by atoms with E-state index in [1.807, 2.05) is 0 Å². The van der Waals surface area contributed by atoms with Crippen molar-refractivity contribution in [2.24, 2.45) is 0 Å². The summed E-state index contributed by atoms with van der Waals surface area (Å²) in [6.45, 7) is 3.73. The number of rotatable bonds is 54. The molecule has 78 heavy (non-hydrogen) atoms. The molecule has 9 heteroatoms. The highest BCUT2D eigenvalue weighted by Crippen LogP contribution is 2.23. The third-order valence-electron chi connectivity index (χ3n) is 14.6. The molecular weight excluding hydrogens is 971 g/mol. The second-order valence-corrected chi connectivity index (χ2v) is 21.8. The van der Waals surface area contributed by atoms with E-state index >= 15 is 0 Å². The maximum Gasteiger partial charge on any atom is 0.220 e. The third-order valence-corrected chi connectivity index (χ3v) is 14.6. The molecule has 0 spiro atoms. The molecule has 0 saturated carbocycles. The van der Waals surface area contributed by atoms with Crippen LogP contribution in [0.3, 0.4) is 0 Å². The van der Waals surface area contributed by atoms with E-state index in [1.54, 1.807) is 0 Å². The van der Waals surface area contributed by atoms with Gasteiger partial charge in [-0.15, -0.1) is 0 Å². The van der Waals surface area contributed by atoms with E-state index in [2.05, 4.69) is 129 Å². The largest absolute Gasteiger partial charge is 0.394 e. The topological polar surface area (TPSA) is 149 Å². The lowest BCUT2D eigenvalue weighted by Gasteiger charge is -2.40. The highest BCUT2D eigenvalue weighted by atomic mass is 16.7. The van der Waals surface area contributed by atoms with Gasteiger partial charge >= 0.3 is 0 Å². The van der Waals surface area contributed by atoms with Crippen LogP contribution in [0.25, 0.3) is 0 Å². The van der Waals surface area contributed by atoms with Crippen molar-refractivity contribution in [1.29, 1.82) is 0 Å². The Morgan fingerprint density at radius 3 is 1.18 bits per heavy atom. The van der Waals surface area contributed by atoms with Crippen molar-refractivity contribution in [1.82, 2.24) is 5.32 Å². The Balaban J connectivity index is 2.13. The van der Waals surface area contributed by atoms with E-state index in [4.69, 9.17) is 9.47 Å². The van der Waals surface area contributed by atoms with Crippen LogP contribution in [0.15, 0.2) is 109 Å². The van der Waals surface area contributed by atoms with Gasteiger partial charge in [0.2, 0.25) is 5.91 Å². The first-order valence-electron chi connectivity index (χ1n) is 32.1. The Morgan fingerprint density at radius 1 is 0.449 bits per heavy atom. The number of aliphatic hydroxyl groups is 5. The summed E-state index contributed by atoms with van der Waals surface area (Å²) in [5.74, 6) is -0.150. The molecule has 0 aromatic rings. The monoisotopic (exact) mass is 1090 g/mol. The van der Waals surface area contributed by atoms with Crippen molar-refractivity contribution in [2.75, 3.05) is 13.2 Å². The quantitative estimate of drug-likeness (QED) is 0.0261. The summed E-state index contributed by atoms with van der Waals surface area (Å²) in [6, 6.07) is -0.727. The molecule has 6 N–H and O–H groups in total. The van der Waals surface area contributed by atoms with Gasteiger partial charge in [0, 0.05) is 6.42 Å². The van der Waals surface area contributed by atoms with Gasteiger partial charge < -0.3 is 40.3 Å². The van der Waals surface area contributed by atoms with E-state index in [1.165, 1.54) is 135 Å². The normalized spacial score (nSPS) is 19.4. The van der Waals surface area contributed by atoms with Crippen LogP contribution >= 0.6 is 0 Å². The zero-order chi connectivity index (χ0) is 56.5. The summed E-state index contributed by atoms with van der Waals surface area (Å²) in [5, 5.41) is 54.7. The minimum Gasteiger partial charge on any atom is -0.394 e. The molecule has 1 saturated heterocycles. The number of carbonyl (C=O) groups excluding carboxylic acids is 1. The summed E-state index contributed by atoms with van der Waals surface area (Å²) in [4.78, 5) is 13.1. The van der Waals surface area contributed by atoms with Gasteiger partial charge in [0.15, 0.2) is 6.29 Å². The summed E-state index contributed by atoms with van der Waals surface area (Å²) in [7, 11) is 0. The van der Waals surface area contributed by atoms with Crippen molar-refractivity contribution in [2.45, 2.75) is 307 Å². The van der Waals surface area contributed by atoms with E-state index in [0.29, 0.717) is 12.8 Å². The predicted molar refractivity (Wildman–Crippen MR) is 331 cm³/mol. The molecule has 1 aliphatic rings. The van der Waals surface area contributed by atoms with Crippen molar-refractivity contribution < 1.29 is 39.8 Å². The van der Waals surface area contributed by atoms with Crippen LogP contribution in [0.1, 0.15) is 264 Å². The van der Waals surface area contributed by atoms with E-state index in [9.17, 15) is 30.3 Å². The number of hydrogen-bond acceptors (Lipinski definition) is 8. The lowest BCUT2D eigenvalue weighted by molar-refractivity contribution is -0.302. The number of ether oxygens (including phenoxy) is 2. The van der Waals surface area contributed by atoms with Gasteiger partial charge in [-0.05, 0) is 83.5 Å². The zero-order valence-corrected chi connectivity index (χ0v) is 49.9. The summed E-state index contributed by atoms with van der Waals surface area (Å²) < 4.78 is 11.3. The van der Waals surface area contributed by atoms with Crippen molar-refractivity contribution in [3.63, 3.8) is 0 Å². The fraction of sp³-hybridized carbons (Fsp3) is 0.725. The van der Waals surface area contributed by atoms with Gasteiger partial charge in [0.1, 0.15) is 24.4 Å². The molecule has 0 aromatic carbocycles. The molecule has 7 unspecified atom stereocenters. The number of amides is 1. The third kappa shape index (κ3) is 45.6. The molecule has 1 aliphatic heterocycles. The van der Waals surface area contributed by atoms with Crippen molar-refractivity contribution in [3.05, 3.63) is 109 Å². The number of carbonyl (C=O) groups is 1. The molecule has 1 rings (SSSR count). The number of hydrogen-bond donors (Lipinski definition) is 6. The molecule has 0 aliphatic carbocycles. The fourth-order valence-corrected chi connectivity index (χ4v) is 9.63. The Morgan fingerprint density at radius 2 is 0.795 bits per heavy atom. The molecule has 0 radical (unpaired) electrons. The molecule has 1 fully saturated rings. The first kappa shape index (κ1) is 72.9.